The number of halogens is 1. The summed E-state index contributed by atoms with van der Waals surface area (Å²) >= 11 is 0. The van der Waals surface area contributed by atoms with Crippen LogP contribution in [-0.2, 0) is 0 Å². The van der Waals surface area contributed by atoms with E-state index >= 15 is 0 Å². The minimum Gasteiger partial charge on any atom is -0.315 e. The standard InChI is InChI=1S/C10H6FN3/c11-9-5-8-3-1-2-4-14(8)10(9,6-12)7-13/h1-5,9H. The molecule has 0 saturated heterocycles. The summed E-state index contributed by atoms with van der Waals surface area (Å²) < 4.78 is 13.5. The minimum absolute atomic E-state index is 0.558. The van der Waals surface area contributed by atoms with Crippen LogP contribution in [0.1, 0.15) is 0 Å². The van der Waals surface area contributed by atoms with Gasteiger partial charge in [0.05, 0.1) is 0 Å². The van der Waals surface area contributed by atoms with E-state index in [1.165, 1.54) is 17.2 Å². The van der Waals surface area contributed by atoms with Crippen molar-refractivity contribution >= 4 is 0 Å². The highest BCUT2D eigenvalue weighted by molar-refractivity contribution is 5.46. The van der Waals surface area contributed by atoms with Gasteiger partial charge in [-0.2, -0.15) is 10.5 Å². The average molecular weight is 187 g/mol. The van der Waals surface area contributed by atoms with Gasteiger partial charge in [-0.25, -0.2) is 4.39 Å². The van der Waals surface area contributed by atoms with Gasteiger partial charge >= 0.3 is 0 Å². The van der Waals surface area contributed by atoms with Crippen LogP contribution in [0.2, 0.25) is 0 Å². The zero-order valence-electron chi connectivity index (χ0n) is 7.18. The maximum absolute atomic E-state index is 13.5. The first-order valence-electron chi connectivity index (χ1n) is 4.07. The molecule has 0 fully saturated rings. The highest BCUT2D eigenvalue weighted by Gasteiger charge is 2.50. The Hall–Kier alpha value is -2.07. The number of hydrogen-bond acceptors (Lipinski definition) is 3. The molecule has 0 radical (unpaired) electrons. The van der Waals surface area contributed by atoms with E-state index in [4.69, 9.17) is 10.5 Å². The molecule has 0 aromatic rings. The number of alkyl halides is 1. The molecular formula is C10H6FN3. The van der Waals surface area contributed by atoms with E-state index in [0.29, 0.717) is 5.70 Å². The second-order valence-electron chi connectivity index (χ2n) is 3.05. The van der Waals surface area contributed by atoms with E-state index in [9.17, 15) is 4.39 Å². The molecule has 14 heavy (non-hydrogen) atoms. The van der Waals surface area contributed by atoms with E-state index in [-0.39, 0.29) is 0 Å². The second-order valence-corrected chi connectivity index (χ2v) is 3.05. The van der Waals surface area contributed by atoms with E-state index in [2.05, 4.69) is 0 Å². The Balaban J connectivity index is 2.52. The summed E-state index contributed by atoms with van der Waals surface area (Å²) in [4.78, 5) is 1.36. The van der Waals surface area contributed by atoms with Gasteiger partial charge in [-0.05, 0) is 18.2 Å². The molecule has 0 N–H and O–H groups in total. The lowest BCUT2D eigenvalue weighted by Crippen LogP contribution is -2.45. The monoisotopic (exact) mass is 187 g/mol. The van der Waals surface area contributed by atoms with Crippen molar-refractivity contribution in [3.05, 3.63) is 36.2 Å². The molecule has 4 heteroatoms. The Bertz CT molecular complexity index is 419. The Morgan fingerprint density at radius 1 is 1.36 bits per heavy atom. The first-order valence-corrected chi connectivity index (χ1v) is 4.07. The molecule has 0 aromatic carbocycles. The molecule has 2 aliphatic heterocycles. The van der Waals surface area contributed by atoms with E-state index in [1.807, 2.05) is 0 Å². The number of nitrogens with zero attached hydrogens (tertiary/aromatic N) is 3. The molecule has 68 valence electrons. The van der Waals surface area contributed by atoms with Crippen LogP contribution in [0, 0.1) is 22.7 Å². The predicted molar refractivity (Wildman–Crippen MR) is 47.1 cm³/mol. The van der Waals surface area contributed by atoms with Crippen molar-refractivity contribution in [1.82, 2.24) is 4.90 Å². The van der Waals surface area contributed by atoms with Crippen LogP contribution in [-0.4, -0.2) is 16.6 Å². The fraction of sp³-hybridized carbons (Fsp3) is 0.200. The molecule has 0 aliphatic carbocycles. The molecule has 0 amide bonds. The van der Waals surface area contributed by atoms with Gasteiger partial charge in [-0.15, -0.1) is 0 Å². The lowest BCUT2D eigenvalue weighted by molar-refractivity contribution is 0.238. The highest BCUT2D eigenvalue weighted by atomic mass is 19.1. The molecule has 2 aliphatic rings. The Morgan fingerprint density at radius 3 is 2.71 bits per heavy atom. The van der Waals surface area contributed by atoms with Crippen LogP contribution in [0.5, 0.6) is 0 Å². The second kappa shape index (κ2) is 2.71. The topological polar surface area (TPSA) is 50.8 Å². The van der Waals surface area contributed by atoms with Gasteiger partial charge < -0.3 is 4.90 Å². The zero-order valence-corrected chi connectivity index (χ0v) is 7.18. The number of rotatable bonds is 0. The fourth-order valence-corrected chi connectivity index (χ4v) is 1.57. The van der Waals surface area contributed by atoms with Crippen molar-refractivity contribution in [1.29, 1.82) is 10.5 Å². The van der Waals surface area contributed by atoms with Crippen molar-refractivity contribution < 1.29 is 4.39 Å². The average Bonchev–Trinajstić information content (AvgIpc) is 2.50. The van der Waals surface area contributed by atoms with Crippen LogP contribution in [0.25, 0.3) is 0 Å². The number of allylic oxidation sites excluding steroid dienone is 3. The largest absolute Gasteiger partial charge is 0.315 e. The highest BCUT2D eigenvalue weighted by Crippen LogP contribution is 2.36. The van der Waals surface area contributed by atoms with Gasteiger partial charge in [0.15, 0.2) is 6.17 Å². The van der Waals surface area contributed by atoms with Crippen molar-refractivity contribution in [3.63, 3.8) is 0 Å². The Morgan fingerprint density at radius 2 is 2.07 bits per heavy atom. The fourth-order valence-electron chi connectivity index (χ4n) is 1.57. The SMILES string of the molecule is N#CC1(C#N)C(F)C=C2C=CC=CN21. The van der Waals surface area contributed by atoms with Gasteiger partial charge in [-0.3, -0.25) is 0 Å². The van der Waals surface area contributed by atoms with Crippen LogP contribution in [0.3, 0.4) is 0 Å². The van der Waals surface area contributed by atoms with Gasteiger partial charge in [-0.1, -0.05) is 6.08 Å². The van der Waals surface area contributed by atoms with Crippen molar-refractivity contribution in [2.24, 2.45) is 0 Å². The van der Waals surface area contributed by atoms with E-state index < -0.39 is 11.7 Å². The molecule has 2 rings (SSSR count). The maximum Gasteiger partial charge on any atom is 0.253 e. The van der Waals surface area contributed by atoms with Gasteiger partial charge in [0.2, 0.25) is 0 Å². The van der Waals surface area contributed by atoms with Crippen LogP contribution in [0.15, 0.2) is 36.2 Å². The summed E-state index contributed by atoms with van der Waals surface area (Å²) in [6.45, 7) is 0. The normalized spacial score (nSPS) is 26.4. The first kappa shape index (κ1) is 8.52. The van der Waals surface area contributed by atoms with Crippen LogP contribution < -0.4 is 0 Å². The molecule has 0 spiro atoms. The first-order chi connectivity index (χ1) is 6.74. The molecule has 2 heterocycles. The molecule has 1 atom stereocenters. The maximum atomic E-state index is 13.5. The van der Waals surface area contributed by atoms with E-state index in [0.717, 1.165) is 0 Å². The summed E-state index contributed by atoms with van der Waals surface area (Å²) in [7, 11) is 0. The molecule has 0 saturated carbocycles. The quantitative estimate of drug-likeness (QED) is 0.575. The summed E-state index contributed by atoms with van der Waals surface area (Å²) in [5, 5.41) is 17.8. The summed E-state index contributed by atoms with van der Waals surface area (Å²) in [5.74, 6) is 0. The zero-order chi connectivity index (χ0) is 10.2. The number of nitriles is 2. The third kappa shape index (κ3) is 0.828. The van der Waals surface area contributed by atoms with Crippen LogP contribution >= 0.6 is 0 Å². The third-order valence-electron chi connectivity index (χ3n) is 2.33. The Kier molecular flexibility index (Phi) is 1.65. The van der Waals surface area contributed by atoms with Gasteiger partial charge in [0.25, 0.3) is 5.54 Å². The number of fused-ring (bicyclic) bond motifs is 1. The number of hydrogen-bond donors (Lipinski definition) is 0. The van der Waals surface area contributed by atoms with Crippen molar-refractivity contribution in [2.75, 3.05) is 0 Å². The molecule has 0 bridgehead atoms. The van der Waals surface area contributed by atoms with Gasteiger partial charge in [0.1, 0.15) is 12.1 Å². The Labute approximate surface area is 80.7 Å². The summed E-state index contributed by atoms with van der Waals surface area (Å²) in [6, 6.07) is 3.46. The summed E-state index contributed by atoms with van der Waals surface area (Å²) in [5.41, 5.74) is -1.17. The molecule has 3 nitrogen and oxygen atoms in total. The van der Waals surface area contributed by atoms with Gasteiger partial charge in [0, 0.05) is 11.9 Å². The van der Waals surface area contributed by atoms with Crippen LogP contribution in [0.4, 0.5) is 4.39 Å². The van der Waals surface area contributed by atoms with Crippen molar-refractivity contribution in [2.45, 2.75) is 11.7 Å². The summed E-state index contributed by atoms with van der Waals surface area (Å²) in [6.07, 6.45) is 6.33. The minimum atomic E-state index is -1.73. The lowest BCUT2D eigenvalue weighted by Gasteiger charge is -2.28. The lowest BCUT2D eigenvalue weighted by atomic mass is 9.98. The molecule has 1 unspecified atom stereocenters. The molecule has 0 aromatic heterocycles. The smallest absolute Gasteiger partial charge is 0.253 e. The molecular weight excluding hydrogens is 181 g/mol. The van der Waals surface area contributed by atoms with E-state index in [1.54, 1.807) is 30.4 Å². The predicted octanol–water partition coefficient (Wildman–Crippen LogP) is 1.39. The van der Waals surface area contributed by atoms with Crippen molar-refractivity contribution in [3.8, 4) is 12.1 Å². The third-order valence-corrected chi connectivity index (χ3v) is 2.33.